The number of pyridine rings is 1. The molecule has 17 heavy (non-hydrogen) atoms. The number of carbonyl (C=O) groups excluding carboxylic acids is 1. The molecule has 0 bridgehead atoms. The largest absolute Gasteiger partial charge is 0.388 e. The van der Waals surface area contributed by atoms with E-state index < -0.39 is 12.2 Å². The lowest BCUT2D eigenvalue weighted by molar-refractivity contribution is -0.119. The van der Waals surface area contributed by atoms with Gasteiger partial charge in [-0.3, -0.25) is 4.79 Å². The molecule has 1 aromatic rings. The lowest BCUT2D eigenvalue weighted by Crippen LogP contribution is -2.34. The summed E-state index contributed by atoms with van der Waals surface area (Å²) in [6.07, 6.45) is -1.10. The van der Waals surface area contributed by atoms with E-state index in [1.165, 1.54) is 19.2 Å². The summed E-state index contributed by atoms with van der Waals surface area (Å²) < 4.78 is 0. The molecule has 0 saturated heterocycles. The molecular weight excluding hydrogens is 246 g/mol. The van der Waals surface area contributed by atoms with Gasteiger partial charge in [0.1, 0.15) is 18.0 Å². The highest BCUT2D eigenvalue weighted by molar-refractivity contribution is 6.30. The maximum atomic E-state index is 10.7. The Bertz CT molecular complexity index is 414. The van der Waals surface area contributed by atoms with Crippen molar-refractivity contribution in [2.45, 2.75) is 19.1 Å². The minimum atomic E-state index is -1.26. The molecule has 2 unspecified atom stereocenters. The first kappa shape index (κ1) is 13.7. The van der Waals surface area contributed by atoms with Gasteiger partial charge in [0.25, 0.3) is 0 Å². The maximum Gasteiger partial charge on any atom is 0.216 e. The number of halogens is 1. The Balaban J connectivity index is 2.77. The van der Waals surface area contributed by atoms with E-state index in [4.69, 9.17) is 17.3 Å². The van der Waals surface area contributed by atoms with Gasteiger partial charge in [0.2, 0.25) is 5.91 Å². The second-order valence-electron chi connectivity index (χ2n) is 3.58. The molecular formula is C10H14ClN3O3. The van der Waals surface area contributed by atoms with Gasteiger partial charge in [-0.05, 0) is 6.07 Å². The van der Waals surface area contributed by atoms with Crippen molar-refractivity contribution < 1.29 is 15.0 Å². The molecule has 0 fully saturated rings. The average molecular weight is 260 g/mol. The van der Waals surface area contributed by atoms with Gasteiger partial charge >= 0.3 is 0 Å². The van der Waals surface area contributed by atoms with Crippen LogP contribution in [0.4, 0.5) is 5.82 Å². The summed E-state index contributed by atoms with van der Waals surface area (Å²) in [5, 5.41) is 22.2. The SMILES string of the molecule is CC(=O)NCC(O)C(O)c1cc(Cl)cnc1N. The highest BCUT2D eigenvalue weighted by atomic mass is 35.5. The zero-order chi connectivity index (χ0) is 13.0. The van der Waals surface area contributed by atoms with Crippen LogP contribution in [0.25, 0.3) is 0 Å². The summed E-state index contributed by atoms with van der Waals surface area (Å²) >= 11 is 5.71. The van der Waals surface area contributed by atoms with Crippen molar-refractivity contribution in [1.29, 1.82) is 0 Å². The first-order valence-corrected chi connectivity index (χ1v) is 5.31. The molecule has 0 aromatic carbocycles. The van der Waals surface area contributed by atoms with Crippen LogP contribution in [0.3, 0.4) is 0 Å². The minimum absolute atomic E-state index is 0.0809. The van der Waals surface area contributed by atoms with Gasteiger partial charge in [-0.2, -0.15) is 0 Å². The third kappa shape index (κ3) is 3.85. The number of carbonyl (C=O) groups is 1. The third-order valence-electron chi connectivity index (χ3n) is 2.16. The van der Waals surface area contributed by atoms with Crippen LogP contribution in [-0.4, -0.2) is 33.8 Å². The number of nitrogen functional groups attached to an aromatic ring is 1. The van der Waals surface area contributed by atoms with Crippen LogP contribution in [0, 0.1) is 0 Å². The van der Waals surface area contributed by atoms with Crippen LogP contribution in [0.15, 0.2) is 12.3 Å². The molecule has 0 radical (unpaired) electrons. The van der Waals surface area contributed by atoms with Gasteiger partial charge in [0.05, 0.1) is 5.02 Å². The van der Waals surface area contributed by atoms with Gasteiger partial charge in [0, 0.05) is 25.2 Å². The number of aliphatic hydroxyl groups is 2. The van der Waals surface area contributed by atoms with Gasteiger partial charge in [-0.15, -0.1) is 0 Å². The van der Waals surface area contributed by atoms with Crippen molar-refractivity contribution in [3.8, 4) is 0 Å². The van der Waals surface area contributed by atoms with Crippen LogP contribution in [-0.2, 0) is 4.79 Å². The quantitative estimate of drug-likeness (QED) is 0.601. The van der Waals surface area contributed by atoms with Gasteiger partial charge in [-0.1, -0.05) is 11.6 Å². The van der Waals surface area contributed by atoms with Crippen LogP contribution in [0.1, 0.15) is 18.6 Å². The molecule has 1 aromatic heterocycles. The monoisotopic (exact) mass is 259 g/mol. The molecule has 1 heterocycles. The van der Waals surface area contributed by atoms with Crippen molar-refractivity contribution >= 4 is 23.3 Å². The number of anilines is 1. The Hall–Kier alpha value is -1.37. The van der Waals surface area contributed by atoms with E-state index in [1.807, 2.05) is 0 Å². The molecule has 7 heteroatoms. The number of aromatic nitrogens is 1. The Morgan fingerprint density at radius 3 is 2.88 bits per heavy atom. The molecule has 2 atom stereocenters. The lowest BCUT2D eigenvalue weighted by atomic mass is 10.1. The van der Waals surface area contributed by atoms with E-state index in [0.717, 1.165) is 0 Å². The van der Waals surface area contributed by atoms with Crippen LogP contribution < -0.4 is 11.1 Å². The predicted octanol–water partition coefficient (Wildman–Crippen LogP) is -0.152. The molecule has 5 N–H and O–H groups in total. The highest BCUT2D eigenvalue weighted by Gasteiger charge is 2.21. The molecule has 94 valence electrons. The number of nitrogens with one attached hydrogen (secondary N) is 1. The smallest absolute Gasteiger partial charge is 0.216 e. The van der Waals surface area contributed by atoms with E-state index in [0.29, 0.717) is 5.02 Å². The second kappa shape index (κ2) is 5.81. The molecule has 0 saturated carbocycles. The van der Waals surface area contributed by atoms with Gasteiger partial charge < -0.3 is 21.3 Å². The predicted molar refractivity (Wildman–Crippen MR) is 63.3 cm³/mol. The number of aliphatic hydroxyl groups excluding tert-OH is 2. The number of amides is 1. The van der Waals surface area contributed by atoms with E-state index in [1.54, 1.807) is 0 Å². The van der Waals surface area contributed by atoms with Gasteiger partial charge in [0.15, 0.2) is 0 Å². The van der Waals surface area contributed by atoms with Gasteiger partial charge in [-0.25, -0.2) is 4.98 Å². The molecule has 0 aliphatic rings. The molecule has 6 nitrogen and oxygen atoms in total. The van der Waals surface area contributed by atoms with Crippen LogP contribution in [0.2, 0.25) is 5.02 Å². The standard InChI is InChI=1S/C10H14ClN3O3/c1-5(15)13-4-8(16)9(17)7-2-6(11)3-14-10(7)12/h2-3,8-9,16-17H,4H2,1H3,(H2,12,14)(H,13,15). The zero-order valence-electron chi connectivity index (χ0n) is 9.22. The van der Waals surface area contributed by atoms with Crippen molar-refractivity contribution in [1.82, 2.24) is 10.3 Å². The number of hydrogen-bond acceptors (Lipinski definition) is 5. The summed E-state index contributed by atoms with van der Waals surface area (Å²) in [5.74, 6) is -0.211. The van der Waals surface area contributed by atoms with Crippen molar-refractivity contribution in [3.05, 3.63) is 22.8 Å². The molecule has 1 rings (SSSR count). The van der Waals surface area contributed by atoms with E-state index in [-0.39, 0.29) is 23.8 Å². The Morgan fingerprint density at radius 2 is 2.29 bits per heavy atom. The Morgan fingerprint density at radius 1 is 1.65 bits per heavy atom. The summed E-state index contributed by atoms with van der Waals surface area (Å²) in [4.78, 5) is 14.4. The van der Waals surface area contributed by atoms with E-state index in [2.05, 4.69) is 10.3 Å². The Kier molecular flexibility index (Phi) is 4.68. The minimum Gasteiger partial charge on any atom is -0.388 e. The average Bonchev–Trinajstić information content (AvgIpc) is 2.28. The first-order valence-electron chi connectivity index (χ1n) is 4.93. The molecule has 1 amide bonds. The summed E-state index contributed by atoms with van der Waals surface area (Å²) in [5.41, 5.74) is 5.79. The fourth-order valence-electron chi connectivity index (χ4n) is 1.27. The normalized spacial score (nSPS) is 14.1. The fraction of sp³-hybridized carbons (Fsp3) is 0.400. The summed E-state index contributed by atoms with van der Waals surface area (Å²) in [7, 11) is 0. The highest BCUT2D eigenvalue weighted by Crippen LogP contribution is 2.24. The zero-order valence-corrected chi connectivity index (χ0v) is 9.98. The van der Waals surface area contributed by atoms with Crippen molar-refractivity contribution in [3.63, 3.8) is 0 Å². The number of hydrogen-bond donors (Lipinski definition) is 4. The first-order chi connectivity index (χ1) is 7.91. The summed E-state index contributed by atoms with van der Waals surface area (Å²) in [6.45, 7) is 1.23. The molecule has 0 spiro atoms. The van der Waals surface area contributed by atoms with Crippen molar-refractivity contribution in [2.75, 3.05) is 12.3 Å². The van der Waals surface area contributed by atoms with Crippen molar-refractivity contribution in [2.24, 2.45) is 0 Å². The molecule has 0 aliphatic carbocycles. The summed E-state index contributed by atoms with van der Waals surface area (Å²) in [6, 6.07) is 1.42. The number of nitrogens with two attached hydrogens (primary N) is 1. The lowest BCUT2D eigenvalue weighted by Gasteiger charge is -2.19. The van der Waals surface area contributed by atoms with Crippen LogP contribution in [0.5, 0.6) is 0 Å². The molecule has 0 aliphatic heterocycles. The van der Waals surface area contributed by atoms with E-state index >= 15 is 0 Å². The van der Waals surface area contributed by atoms with Crippen LogP contribution >= 0.6 is 11.6 Å². The third-order valence-corrected chi connectivity index (χ3v) is 2.37. The topological polar surface area (TPSA) is 108 Å². The fourth-order valence-corrected chi connectivity index (χ4v) is 1.44. The number of nitrogens with zero attached hydrogens (tertiary/aromatic N) is 1. The van der Waals surface area contributed by atoms with E-state index in [9.17, 15) is 15.0 Å². The Labute approximate surface area is 103 Å². The number of rotatable bonds is 4. The second-order valence-corrected chi connectivity index (χ2v) is 4.01. The maximum absolute atomic E-state index is 10.7.